The maximum absolute atomic E-state index is 11.2. The number of amides is 1. The van der Waals surface area contributed by atoms with Crippen molar-refractivity contribution in [1.29, 1.82) is 0 Å². The number of amidine groups is 1. The highest BCUT2D eigenvalue weighted by Gasteiger charge is 2.33. The average Bonchev–Trinajstić information content (AvgIpc) is 3.26. The van der Waals surface area contributed by atoms with Crippen molar-refractivity contribution in [3.8, 4) is 11.5 Å². The number of carbonyl (C=O) groups excluding carboxylic acids is 1. The van der Waals surface area contributed by atoms with Gasteiger partial charge in [-0.15, -0.1) is 0 Å². The van der Waals surface area contributed by atoms with Crippen LogP contribution in [0.5, 0.6) is 11.5 Å². The lowest BCUT2D eigenvalue weighted by Crippen LogP contribution is -2.31. The van der Waals surface area contributed by atoms with E-state index >= 15 is 0 Å². The molecule has 2 N–H and O–H groups in total. The molecule has 148 valence electrons. The Hall–Kier alpha value is -3.10. The van der Waals surface area contributed by atoms with E-state index in [1.54, 1.807) is 25.4 Å². The van der Waals surface area contributed by atoms with Gasteiger partial charge in [-0.25, -0.2) is 9.67 Å². The number of hydrogen-bond acceptors (Lipinski definition) is 7. The van der Waals surface area contributed by atoms with Gasteiger partial charge in [0, 0.05) is 18.7 Å². The molecule has 2 atom stereocenters. The van der Waals surface area contributed by atoms with E-state index in [9.17, 15) is 4.79 Å². The molecule has 9 heteroatoms. The first kappa shape index (κ1) is 18.3. The molecule has 2 aromatic rings. The largest absolute Gasteiger partial charge is 0.491 e. The van der Waals surface area contributed by atoms with Crippen molar-refractivity contribution in [2.45, 2.75) is 39.0 Å². The van der Waals surface area contributed by atoms with Crippen molar-refractivity contribution >= 4 is 11.7 Å². The highest BCUT2D eigenvalue weighted by molar-refractivity contribution is 6.02. The van der Waals surface area contributed by atoms with Crippen LogP contribution in [-0.4, -0.2) is 57.2 Å². The second kappa shape index (κ2) is 7.14. The monoisotopic (exact) mass is 384 g/mol. The van der Waals surface area contributed by atoms with E-state index in [0.29, 0.717) is 18.1 Å². The molecule has 2 aliphatic rings. The third-order valence-corrected chi connectivity index (χ3v) is 4.89. The fourth-order valence-electron chi connectivity index (χ4n) is 3.45. The van der Waals surface area contributed by atoms with Gasteiger partial charge < -0.3 is 20.1 Å². The highest BCUT2D eigenvalue weighted by Crippen LogP contribution is 2.34. The van der Waals surface area contributed by atoms with Crippen LogP contribution < -0.4 is 15.2 Å². The summed E-state index contributed by atoms with van der Waals surface area (Å²) in [5.74, 6) is 2.45. The molecule has 0 saturated heterocycles. The Labute approximate surface area is 163 Å². The summed E-state index contributed by atoms with van der Waals surface area (Å²) in [6.45, 7) is 7.78. The standard InChI is InChI=1S/C19H24N6O3/c1-11(2)25-19(21-10-22-25)15-9-24-6-7-27-16-8-13(28-12(3)17(20)26)4-5-14(16)18(24)23-15/h4-5,8,10-12,15H,6-7,9H2,1-3H3,(H2,20,26)/t12-,15?/m0/s1. The summed E-state index contributed by atoms with van der Waals surface area (Å²) < 4.78 is 13.4. The van der Waals surface area contributed by atoms with Crippen molar-refractivity contribution in [3.05, 3.63) is 35.9 Å². The highest BCUT2D eigenvalue weighted by atomic mass is 16.5. The van der Waals surface area contributed by atoms with Crippen molar-refractivity contribution in [2.24, 2.45) is 10.7 Å². The first-order chi connectivity index (χ1) is 13.4. The quantitative estimate of drug-likeness (QED) is 0.833. The van der Waals surface area contributed by atoms with Gasteiger partial charge in [0.15, 0.2) is 11.9 Å². The lowest BCUT2D eigenvalue weighted by molar-refractivity contribution is -0.123. The number of primary amides is 1. The predicted octanol–water partition coefficient (Wildman–Crippen LogP) is 1.31. The van der Waals surface area contributed by atoms with Crippen LogP contribution in [0.2, 0.25) is 0 Å². The van der Waals surface area contributed by atoms with Crippen LogP contribution >= 0.6 is 0 Å². The third kappa shape index (κ3) is 3.28. The summed E-state index contributed by atoms with van der Waals surface area (Å²) in [7, 11) is 0. The summed E-state index contributed by atoms with van der Waals surface area (Å²) in [5.41, 5.74) is 6.18. The Morgan fingerprint density at radius 1 is 1.36 bits per heavy atom. The fraction of sp³-hybridized carbons (Fsp3) is 0.474. The molecule has 1 aromatic heterocycles. The zero-order valence-corrected chi connectivity index (χ0v) is 16.2. The first-order valence-corrected chi connectivity index (χ1v) is 9.39. The molecular weight excluding hydrogens is 360 g/mol. The van der Waals surface area contributed by atoms with Gasteiger partial charge in [0.25, 0.3) is 5.91 Å². The number of aromatic nitrogens is 3. The number of ether oxygens (including phenoxy) is 2. The van der Waals surface area contributed by atoms with Crippen molar-refractivity contribution < 1.29 is 14.3 Å². The van der Waals surface area contributed by atoms with E-state index in [1.165, 1.54) is 0 Å². The smallest absolute Gasteiger partial charge is 0.258 e. The number of nitrogens with two attached hydrogens (primary N) is 1. The van der Waals surface area contributed by atoms with Crippen molar-refractivity contribution in [3.63, 3.8) is 0 Å². The second-order valence-corrected chi connectivity index (χ2v) is 7.24. The van der Waals surface area contributed by atoms with Crippen LogP contribution in [0.4, 0.5) is 0 Å². The number of hydrogen-bond donors (Lipinski definition) is 1. The molecule has 0 spiro atoms. The molecule has 0 fully saturated rings. The number of fused-ring (bicyclic) bond motifs is 3. The zero-order chi connectivity index (χ0) is 19.8. The van der Waals surface area contributed by atoms with Gasteiger partial charge in [0.2, 0.25) is 0 Å². The minimum atomic E-state index is -0.712. The SMILES string of the molecule is CC(C)n1ncnc1C1CN2CCOc3cc(O[C@@H](C)C(N)=O)ccc3C2=N1. The van der Waals surface area contributed by atoms with Crippen molar-refractivity contribution in [1.82, 2.24) is 19.7 Å². The van der Waals surface area contributed by atoms with Gasteiger partial charge in [-0.2, -0.15) is 5.10 Å². The lowest BCUT2D eigenvalue weighted by Gasteiger charge is -2.18. The first-order valence-electron chi connectivity index (χ1n) is 9.39. The molecule has 4 rings (SSSR count). The van der Waals surface area contributed by atoms with E-state index in [0.717, 1.165) is 30.3 Å². The summed E-state index contributed by atoms with van der Waals surface area (Å²) in [6, 6.07) is 5.64. The van der Waals surface area contributed by atoms with Gasteiger partial charge >= 0.3 is 0 Å². The summed E-state index contributed by atoms with van der Waals surface area (Å²) in [4.78, 5) is 22.8. The summed E-state index contributed by atoms with van der Waals surface area (Å²) in [5, 5.41) is 4.33. The summed E-state index contributed by atoms with van der Waals surface area (Å²) in [6.07, 6.45) is 0.871. The maximum Gasteiger partial charge on any atom is 0.258 e. The van der Waals surface area contributed by atoms with E-state index in [1.807, 2.05) is 10.7 Å². The summed E-state index contributed by atoms with van der Waals surface area (Å²) >= 11 is 0. The molecule has 3 heterocycles. The van der Waals surface area contributed by atoms with Crippen LogP contribution in [0.1, 0.15) is 44.2 Å². The van der Waals surface area contributed by atoms with Crippen molar-refractivity contribution in [2.75, 3.05) is 19.7 Å². The van der Waals surface area contributed by atoms with Gasteiger partial charge in [0.1, 0.15) is 36.3 Å². The van der Waals surface area contributed by atoms with Crippen LogP contribution in [0.15, 0.2) is 29.5 Å². The van der Waals surface area contributed by atoms with Gasteiger partial charge in [-0.05, 0) is 32.9 Å². The van der Waals surface area contributed by atoms with Crippen LogP contribution in [0, 0.1) is 0 Å². The lowest BCUT2D eigenvalue weighted by atomic mass is 10.1. The topological polar surface area (TPSA) is 108 Å². The molecule has 1 amide bonds. The Balaban J connectivity index is 1.65. The number of carbonyl (C=O) groups is 1. The molecule has 0 radical (unpaired) electrons. The molecule has 0 saturated carbocycles. The molecule has 1 aromatic carbocycles. The fourth-order valence-corrected chi connectivity index (χ4v) is 3.45. The average molecular weight is 384 g/mol. The van der Waals surface area contributed by atoms with Crippen LogP contribution in [0.3, 0.4) is 0 Å². The Bertz CT molecular complexity index is 922. The number of nitrogens with zero attached hydrogens (tertiary/aromatic N) is 5. The maximum atomic E-state index is 11.2. The van der Waals surface area contributed by atoms with E-state index in [-0.39, 0.29) is 12.1 Å². The third-order valence-electron chi connectivity index (χ3n) is 4.89. The molecule has 2 aliphatic heterocycles. The molecule has 1 unspecified atom stereocenters. The molecule has 28 heavy (non-hydrogen) atoms. The molecule has 9 nitrogen and oxygen atoms in total. The Morgan fingerprint density at radius 2 is 2.18 bits per heavy atom. The minimum Gasteiger partial charge on any atom is -0.491 e. The molecular formula is C19H24N6O3. The number of benzene rings is 1. The van der Waals surface area contributed by atoms with Crippen LogP contribution in [0.25, 0.3) is 0 Å². The zero-order valence-electron chi connectivity index (χ0n) is 16.2. The Kier molecular flexibility index (Phi) is 4.66. The van der Waals surface area contributed by atoms with Gasteiger partial charge in [0.05, 0.1) is 12.1 Å². The molecule has 0 aliphatic carbocycles. The second-order valence-electron chi connectivity index (χ2n) is 7.24. The molecule has 0 bridgehead atoms. The minimum absolute atomic E-state index is 0.0725. The predicted molar refractivity (Wildman–Crippen MR) is 102 cm³/mol. The van der Waals surface area contributed by atoms with Crippen LogP contribution in [-0.2, 0) is 4.79 Å². The van der Waals surface area contributed by atoms with Gasteiger partial charge in [-0.3, -0.25) is 9.79 Å². The number of aliphatic imine (C=N–C) groups is 1. The van der Waals surface area contributed by atoms with E-state index < -0.39 is 12.0 Å². The Morgan fingerprint density at radius 3 is 2.93 bits per heavy atom. The normalized spacial score (nSPS) is 19.4. The van der Waals surface area contributed by atoms with E-state index in [2.05, 4.69) is 28.8 Å². The van der Waals surface area contributed by atoms with Gasteiger partial charge in [-0.1, -0.05) is 0 Å². The van der Waals surface area contributed by atoms with E-state index in [4.69, 9.17) is 20.2 Å². The number of rotatable bonds is 5.